The van der Waals surface area contributed by atoms with Gasteiger partial charge in [-0.2, -0.15) is 5.26 Å². The average Bonchev–Trinajstić information content (AvgIpc) is 3.13. The quantitative estimate of drug-likeness (QED) is 0.287. The van der Waals surface area contributed by atoms with Crippen LogP contribution in [0.3, 0.4) is 0 Å². The van der Waals surface area contributed by atoms with E-state index in [1.165, 1.54) is 0 Å². The van der Waals surface area contributed by atoms with Gasteiger partial charge in [0.15, 0.2) is 6.61 Å². The van der Waals surface area contributed by atoms with Crippen LogP contribution in [0.5, 0.6) is 5.75 Å². The zero-order valence-corrected chi connectivity index (χ0v) is 21.7. The number of esters is 1. The van der Waals surface area contributed by atoms with E-state index in [1.807, 2.05) is 56.3 Å². The third-order valence-corrected chi connectivity index (χ3v) is 6.27. The molecule has 0 aliphatic carbocycles. The van der Waals surface area contributed by atoms with E-state index in [-0.39, 0.29) is 18.1 Å². The molecule has 0 bridgehead atoms. The number of hydrogen-bond donors (Lipinski definition) is 0. The number of benzene rings is 1. The van der Waals surface area contributed by atoms with Crippen molar-refractivity contribution >= 4 is 18.0 Å². The van der Waals surface area contributed by atoms with Gasteiger partial charge in [-0.3, -0.25) is 9.69 Å². The van der Waals surface area contributed by atoms with Gasteiger partial charge in [0.2, 0.25) is 0 Å². The van der Waals surface area contributed by atoms with E-state index in [0.717, 1.165) is 48.9 Å². The molecule has 1 amide bonds. The minimum atomic E-state index is -0.781. The van der Waals surface area contributed by atoms with Crippen LogP contribution in [0, 0.1) is 31.1 Å². The van der Waals surface area contributed by atoms with E-state index in [9.17, 15) is 14.9 Å². The van der Waals surface area contributed by atoms with E-state index in [4.69, 9.17) is 9.47 Å². The normalized spacial score (nSPS) is 14.6. The summed E-state index contributed by atoms with van der Waals surface area (Å²) in [5.74, 6) is 0.284. The number of piperazine rings is 1. The maximum absolute atomic E-state index is 12.6. The number of rotatable bonds is 10. The molecular weight excluding hydrogens is 456 g/mol. The first kappa shape index (κ1) is 27.0. The van der Waals surface area contributed by atoms with Gasteiger partial charge in [0, 0.05) is 50.7 Å². The molecule has 1 aromatic heterocycles. The summed E-state index contributed by atoms with van der Waals surface area (Å²) < 4.78 is 13.1. The van der Waals surface area contributed by atoms with E-state index < -0.39 is 5.97 Å². The van der Waals surface area contributed by atoms with Crippen LogP contribution in [-0.4, -0.2) is 72.2 Å². The Hall–Kier alpha value is -3.57. The van der Waals surface area contributed by atoms with Crippen LogP contribution in [0.4, 0.5) is 0 Å². The van der Waals surface area contributed by atoms with Gasteiger partial charge in [-0.15, -0.1) is 0 Å². The Morgan fingerprint density at radius 2 is 1.81 bits per heavy atom. The Balaban J connectivity index is 1.45. The van der Waals surface area contributed by atoms with E-state index in [1.54, 1.807) is 11.0 Å². The molecule has 8 heteroatoms. The van der Waals surface area contributed by atoms with Crippen molar-refractivity contribution in [3.8, 4) is 11.8 Å². The number of aromatic nitrogens is 1. The summed E-state index contributed by atoms with van der Waals surface area (Å²) in [5, 5.41) is 9.52. The lowest BCUT2D eigenvalue weighted by atomic mass is 10.1. The maximum Gasteiger partial charge on any atom is 0.349 e. The Bertz CT molecular complexity index is 1110. The van der Waals surface area contributed by atoms with Gasteiger partial charge in [-0.25, -0.2) is 4.79 Å². The smallest absolute Gasteiger partial charge is 0.349 e. The van der Waals surface area contributed by atoms with Crippen LogP contribution in [0.15, 0.2) is 42.0 Å². The monoisotopic (exact) mass is 492 g/mol. The zero-order chi connectivity index (χ0) is 26.1. The SMILES string of the molecule is Cc1cc(/C=C(\C#N)C(=O)OCC(=O)N2CCN(CCOc3ccccc3)CC2)c(C)n1CC(C)C. The lowest BCUT2D eigenvalue weighted by Gasteiger charge is -2.34. The number of para-hydroxylation sites is 1. The lowest BCUT2D eigenvalue weighted by Crippen LogP contribution is -2.50. The highest BCUT2D eigenvalue weighted by Crippen LogP contribution is 2.20. The highest BCUT2D eigenvalue weighted by Gasteiger charge is 2.23. The highest BCUT2D eigenvalue weighted by molar-refractivity contribution is 5.99. The Kier molecular flexibility index (Phi) is 9.71. The Morgan fingerprint density at radius 3 is 2.44 bits per heavy atom. The minimum absolute atomic E-state index is 0.115. The van der Waals surface area contributed by atoms with Crippen LogP contribution in [-0.2, 0) is 20.9 Å². The molecule has 1 aliphatic heterocycles. The second-order valence-electron chi connectivity index (χ2n) is 9.46. The topological polar surface area (TPSA) is 87.8 Å². The molecule has 0 radical (unpaired) electrons. The number of amides is 1. The van der Waals surface area contributed by atoms with Crippen molar-refractivity contribution < 1.29 is 19.1 Å². The molecule has 8 nitrogen and oxygen atoms in total. The van der Waals surface area contributed by atoms with Crippen molar-refractivity contribution in [2.24, 2.45) is 5.92 Å². The molecule has 0 N–H and O–H groups in total. The fourth-order valence-electron chi connectivity index (χ4n) is 4.24. The first-order valence-corrected chi connectivity index (χ1v) is 12.4. The molecule has 2 aromatic rings. The van der Waals surface area contributed by atoms with Crippen molar-refractivity contribution in [1.29, 1.82) is 5.26 Å². The van der Waals surface area contributed by atoms with Gasteiger partial charge in [0.25, 0.3) is 5.91 Å². The number of nitrogens with zero attached hydrogens (tertiary/aromatic N) is 4. The second kappa shape index (κ2) is 12.9. The molecule has 0 unspecified atom stereocenters. The van der Waals surface area contributed by atoms with E-state index in [2.05, 4.69) is 23.3 Å². The van der Waals surface area contributed by atoms with Crippen LogP contribution < -0.4 is 4.74 Å². The predicted octanol–water partition coefficient (Wildman–Crippen LogP) is 3.43. The number of carbonyl (C=O) groups is 2. The molecule has 1 saturated heterocycles. The fourth-order valence-corrected chi connectivity index (χ4v) is 4.24. The minimum Gasteiger partial charge on any atom is -0.492 e. The second-order valence-corrected chi connectivity index (χ2v) is 9.46. The summed E-state index contributed by atoms with van der Waals surface area (Å²) >= 11 is 0. The molecular formula is C28H36N4O4. The van der Waals surface area contributed by atoms with Crippen LogP contribution in [0.1, 0.15) is 30.8 Å². The Labute approximate surface area is 213 Å². The zero-order valence-electron chi connectivity index (χ0n) is 21.7. The fraction of sp³-hybridized carbons (Fsp3) is 0.464. The first-order chi connectivity index (χ1) is 17.3. The van der Waals surface area contributed by atoms with Gasteiger partial charge in [0.1, 0.15) is 24.0 Å². The van der Waals surface area contributed by atoms with Crippen LogP contribution in [0.2, 0.25) is 0 Å². The summed E-state index contributed by atoms with van der Waals surface area (Å²) in [5.41, 5.74) is 2.75. The first-order valence-electron chi connectivity index (χ1n) is 12.4. The molecule has 2 heterocycles. The number of aryl methyl sites for hydroxylation is 1. The van der Waals surface area contributed by atoms with Crippen molar-refractivity contribution in [3.05, 3.63) is 58.9 Å². The van der Waals surface area contributed by atoms with Crippen molar-refractivity contribution in [2.75, 3.05) is 45.9 Å². The summed E-state index contributed by atoms with van der Waals surface area (Å²) in [6.07, 6.45) is 1.54. The third kappa shape index (κ3) is 7.46. The molecule has 0 spiro atoms. The van der Waals surface area contributed by atoms with Gasteiger partial charge >= 0.3 is 5.97 Å². The molecule has 0 saturated carbocycles. The van der Waals surface area contributed by atoms with Gasteiger partial charge in [-0.05, 0) is 49.6 Å². The molecule has 192 valence electrons. The Morgan fingerprint density at radius 1 is 1.11 bits per heavy atom. The lowest BCUT2D eigenvalue weighted by molar-refractivity contribution is -0.149. The van der Waals surface area contributed by atoms with Gasteiger partial charge in [-0.1, -0.05) is 32.0 Å². The van der Waals surface area contributed by atoms with Crippen LogP contribution in [0.25, 0.3) is 6.08 Å². The number of ether oxygens (including phenoxy) is 2. The maximum atomic E-state index is 12.6. The third-order valence-electron chi connectivity index (χ3n) is 6.27. The molecule has 3 rings (SSSR count). The molecule has 36 heavy (non-hydrogen) atoms. The summed E-state index contributed by atoms with van der Waals surface area (Å²) in [7, 11) is 0. The number of nitriles is 1. The van der Waals surface area contributed by atoms with E-state index >= 15 is 0 Å². The predicted molar refractivity (Wildman–Crippen MR) is 138 cm³/mol. The van der Waals surface area contributed by atoms with Crippen LogP contribution >= 0.6 is 0 Å². The largest absolute Gasteiger partial charge is 0.492 e. The molecule has 1 aromatic carbocycles. The van der Waals surface area contributed by atoms with Gasteiger partial charge < -0.3 is 18.9 Å². The van der Waals surface area contributed by atoms with Gasteiger partial charge in [0.05, 0.1) is 0 Å². The number of hydrogen-bond acceptors (Lipinski definition) is 6. The number of carbonyl (C=O) groups excluding carboxylic acids is 2. The van der Waals surface area contributed by atoms with E-state index in [0.29, 0.717) is 25.6 Å². The molecule has 0 atom stereocenters. The summed E-state index contributed by atoms with van der Waals surface area (Å²) in [6, 6.07) is 13.6. The molecule has 1 aliphatic rings. The van der Waals surface area contributed by atoms with Crippen molar-refractivity contribution in [1.82, 2.24) is 14.4 Å². The molecule has 1 fully saturated rings. The van der Waals surface area contributed by atoms with Crippen molar-refractivity contribution in [2.45, 2.75) is 34.2 Å². The summed E-state index contributed by atoms with van der Waals surface area (Å²) in [4.78, 5) is 29.0. The highest BCUT2D eigenvalue weighted by atomic mass is 16.5. The average molecular weight is 493 g/mol. The standard InChI is InChI=1S/C28H36N4O4/c1-21(2)19-32-22(3)16-24(23(32)4)17-25(18-29)28(34)36-20-27(33)31-12-10-30(11-13-31)14-15-35-26-8-6-5-7-9-26/h5-9,16-17,21H,10-15,19-20H2,1-4H3/b25-17+. The van der Waals surface area contributed by atoms with Crippen molar-refractivity contribution in [3.63, 3.8) is 0 Å². The summed E-state index contributed by atoms with van der Waals surface area (Å²) in [6.45, 7) is 12.7.